The van der Waals surface area contributed by atoms with Gasteiger partial charge in [0.1, 0.15) is 11.5 Å². The Morgan fingerprint density at radius 1 is 0.966 bits per heavy atom. The summed E-state index contributed by atoms with van der Waals surface area (Å²) in [7, 11) is 0. The molecule has 0 bridgehead atoms. The van der Waals surface area contributed by atoms with Crippen molar-refractivity contribution < 1.29 is 9.26 Å². The SMILES string of the molecule is Brc1ccc(SCCCc2nc(-c3ccc(Oc4cccnc4)cc3)no2)cc1. The number of halogens is 1. The first kappa shape index (κ1) is 19.7. The van der Waals surface area contributed by atoms with Gasteiger partial charge in [0.25, 0.3) is 0 Å². The van der Waals surface area contributed by atoms with Gasteiger partial charge >= 0.3 is 0 Å². The van der Waals surface area contributed by atoms with Crippen LogP contribution in [0, 0.1) is 0 Å². The fourth-order valence-corrected chi connectivity index (χ4v) is 3.75. The standard InChI is InChI=1S/C22H18BrN3O2S/c23-17-7-11-20(12-8-17)29-14-2-4-21-25-22(26-28-21)16-5-9-18(10-6-16)27-19-3-1-13-24-15-19/h1,3,5-13,15H,2,4,14H2. The van der Waals surface area contributed by atoms with E-state index in [-0.39, 0.29) is 0 Å². The lowest BCUT2D eigenvalue weighted by Crippen LogP contribution is -1.89. The Kier molecular flexibility index (Phi) is 6.59. The number of benzene rings is 2. The summed E-state index contributed by atoms with van der Waals surface area (Å²) in [6.45, 7) is 0. The van der Waals surface area contributed by atoms with Crippen LogP contribution in [0.3, 0.4) is 0 Å². The second kappa shape index (κ2) is 9.71. The highest BCUT2D eigenvalue weighted by atomic mass is 79.9. The Morgan fingerprint density at radius 2 is 1.79 bits per heavy atom. The quantitative estimate of drug-likeness (QED) is 0.220. The van der Waals surface area contributed by atoms with E-state index in [0.717, 1.165) is 34.4 Å². The van der Waals surface area contributed by atoms with Crippen molar-refractivity contribution in [2.24, 2.45) is 0 Å². The summed E-state index contributed by atoms with van der Waals surface area (Å²) in [6.07, 6.45) is 5.12. The van der Waals surface area contributed by atoms with Gasteiger partial charge in [0, 0.05) is 27.5 Å². The molecule has 5 nitrogen and oxygen atoms in total. The van der Waals surface area contributed by atoms with Gasteiger partial charge in [0.05, 0.1) is 6.20 Å². The van der Waals surface area contributed by atoms with E-state index in [4.69, 9.17) is 9.26 Å². The van der Waals surface area contributed by atoms with Gasteiger partial charge in [-0.05, 0) is 72.8 Å². The Labute approximate surface area is 181 Å². The Hall–Kier alpha value is -2.64. The van der Waals surface area contributed by atoms with Gasteiger partial charge < -0.3 is 9.26 Å². The van der Waals surface area contributed by atoms with E-state index in [0.29, 0.717) is 17.5 Å². The fraction of sp³-hybridized carbons (Fsp3) is 0.136. The largest absolute Gasteiger partial charge is 0.456 e. The molecule has 4 aromatic rings. The van der Waals surface area contributed by atoms with E-state index in [9.17, 15) is 0 Å². The molecule has 4 rings (SSSR count). The molecule has 2 heterocycles. The van der Waals surface area contributed by atoms with Crippen LogP contribution >= 0.6 is 27.7 Å². The zero-order chi connectivity index (χ0) is 19.9. The highest BCUT2D eigenvalue weighted by Gasteiger charge is 2.09. The monoisotopic (exact) mass is 467 g/mol. The maximum Gasteiger partial charge on any atom is 0.226 e. The van der Waals surface area contributed by atoms with Gasteiger partial charge in [-0.3, -0.25) is 4.98 Å². The molecule has 0 fully saturated rings. The number of pyridine rings is 1. The lowest BCUT2D eigenvalue weighted by molar-refractivity contribution is 0.378. The van der Waals surface area contributed by atoms with Gasteiger partial charge in [0.2, 0.25) is 11.7 Å². The number of ether oxygens (including phenoxy) is 1. The zero-order valence-corrected chi connectivity index (χ0v) is 17.9. The van der Waals surface area contributed by atoms with Crippen LogP contribution in [0.1, 0.15) is 12.3 Å². The summed E-state index contributed by atoms with van der Waals surface area (Å²) in [5.74, 6) is 3.68. The number of aromatic nitrogens is 3. The minimum absolute atomic E-state index is 0.591. The first-order valence-corrected chi connectivity index (χ1v) is 10.9. The molecular formula is C22H18BrN3O2S. The van der Waals surface area contributed by atoms with Crippen molar-refractivity contribution >= 4 is 27.7 Å². The van der Waals surface area contributed by atoms with Crippen LogP contribution in [-0.4, -0.2) is 20.9 Å². The molecule has 0 aliphatic rings. The van der Waals surface area contributed by atoms with Gasteiger partial charge in [-0.1, -0.05) is 21.1 Å². The summed E-state index contributed by atoms with van der Waals surface area (Å²) < 4.78 is 12.2. The molecule has 0 saturated carbocycles. The number of nitrogens with zero attached hydrogens (tertiary/aromatic N) is 3. The Morgan fingerprint density at radius 3 is 2.55 bits per heavy atom. The smallest absolute Gasteiger partial charge is 0.226 e. The zero-order valence-electron chi connectivity index (χ0n) is 15.5. The first-order valence-electron chi connectivity index (χ1n) is 9.15. The second-order valence-electron chi connectivity index (χ2n) is 6.23. The van der Waals surface area contributed by atoms with E-state index in [1.54, 1.807) is 12.4 Å². The third-order valence-corrected chi connectivity index (χ3v) is 5.70. The number of aryl methyl sites for hydroxylation is 1. The number of rotatable bonds is 8. The normalized spacial score (nSPS) is 10.8. The van der Waals surface area contributed by atoms with Crippen molar-refractivity contribution in [3.8, 4) is 22.9 Å². The lowest BCUT2D eigenvalue weighted by atomic mass is 10.2. The summed E-state index contributed by atoms with van der Waals surface area (Å²) >= 11 is 5.28. The molecule has 0 radical (unpaired) electrons. The Balaban J connectivity index is 1.28. The number of thioether (sulfide) groups is 1. The predicted molar refractivity (Wildman–Crippen MR) is 117 cm³/mol. The molecule has 0 atom stereocenters. The summed E-state index contributed by atoms with van der Waals surface area (Å²) in [5.41, 5.74) is 0.891. The predicted octanol–water partition coefficient (Wildman–Crippen LogP) is 6.41. The highest BCUT2D eigenvalue weighted by Crippen LogP contribution is 2.25. The molecule has 2 aromatic heterocycles. The van der Waals surface area contributed by atoms with Gasteiger partial charge in [-0.25, -0.2) is 0 Å². The molecule has 0 aliphatic carbocycles. The van der Waals surface area contributed by atoms with Crippen LogP contribution < -0.4 is 4.74 Å². The molecule has 29 heavy (non-hydrogen) atoms. The molecule has 0 unspecified atom stereocenters. The lowest BCUT2D eigenvalue weighted by Gasteiger charge is -2.04. The van der Waals surface area contributed by atoms with Crippen LogP contribution in [0.4, 0.5) is 0 Å². The third-order valence-electron chi connectivity index (χ3n) is 4.07. The summed E-state index contributed by atoms with van der Waals surface area (Å²) in [6, 6.07) is 19.6. The van der Waals surface area contributed by atoms with Gasteiger partial charge in [0.15, 0.2) is 0 Å². The first-order chi connectivity index (χ1) is 14.3. The summed E-state index contributed by atoms with van der Waals surface area (Å²) in [5, 5.41) is 4.10. The second-order valence-corrected chi connectivity index (χ2v) is 8.32. The van der Waals surface area contributed by atoms with Crippen molar-refractivity contribution in [2.75, 3.05) is 5.75 Å². The van der Waals surface area contributed by atoms with Crippen molar-refractivity contribution in [1.29, 1.82) is 0 Å². The van der Waals surface area contributed by atoms with Crippen molar-refractivity contribution in [1.82, 2.24) is 15.1 Å². The summed E-state index contributed by atoms with van der Waals surface area (Å²) in [4.78, 5) is 9.80. The molecule has 7 heteroatoms. The number of hydrogen-bond acceptors (Lipinski definition) is 6. The van der Waals surface area contributed by atoms with E-state index in [2.05, 4.69) is 55.3 Å². The topological polar surface area (TPSA) is 61.0 Å². The van der Waals surface area contributed by atoms with E-state index >= 15 is 0 Å². The minimum atomic E-state index is 0.591. The molecule has 2 aromatic carbocycles. The molecule has 146 valence electrons. The Bertz CT molecular complexity index is 1040. The van der Waals surface area contributed by atoms with Crippen molar-refractivity contribution in [3.05, 3.63) is 83.4 Å². The molecule has 0 amide bonds. The molecule has 0 N–H and O–H groups in total. The van der Waals surface area contributed by atoms with E-state index in [1.807, 2.05) is 48.2 Å². The molecule has 0 spiro atoms. The van der Waals surface area contributed by atoms with Gasteiger partial charge in [-0.2, -0.15) is 4.98 Å². The maximum absolute atomic E-state index is 5.75. The van der Waals surface area contributed by atoms with Crippen molar-refractivity contribution in [3.63, 3.8) is 0 Å². The molecule has 0 aliphatic heterocycles. The fourth-order valence-electron chi connectivity index (χ4n) is 2.63. The van der Waals surface area contributed by atoms with Gasteiger partial charge in [-0.15, -0.1) is 11.8 Å². The highest BCUT2D eigenvalue weighted by molar-refractivity contribution is 9.10. The minimum Gasteiger partial charge on any atom is -0.456 e. The molecular weight excluding hydrogens is 450 g/mol. The number of hydrogen-bond donors (Lipinski definition) is 0. The van der Waals surface area contributed by atoms with Crippen LogP contribution in [0.2, 0.25) is 0 Å². The maximum atomic E-state index is 5.75. The third kappa shape index (κ3) is 5.68. The van der Waals surface area contributed by atoms with Crippen LogP contribution in [-0.2, 0) is 6.42 Å². The van der Waals surface area contributed by atoms with E-state index in [1.165, 1.54) is 4.90 Å². The van der Waals surface area contributed by atoms with Crippen molar-refractivity contribution in [2.45, 2.75) is 17.7 Å². The van der Waals surface area contributed by atoms with Crippen LogP contribution in [0.5, 0.6) is 11.5 Å². The van der Waals surface area contributed by atoms with E-state index < -0.39 is 0 Å². The van der Waals surface area contributed by atoms with Crippen LogP contribution in [0.25, 0.3) is 11.4 Å². The average Bonchev–Trinajstić information content (AvgIpc) is 3.23. The van der Waals surface area contributed by atoms with Crippen LogP contribution in [0.15, 0.2) is 86.9 Å². The molecule has 0 saturated heterocycles. The average molecular weight is 468 g/mol.